The van der Waals surface area contributed by atoms with Gasteiger partial charge in [-0.1, -0.05) is 0 Å². The highest BCUT2D eigenvalue weighted by Crippen LogP contribution is 2.40. The number of nitriles is 1. The first-order valence-corrected chi connectivity index (χ1v) is 8.28. The van der Waals surface area contributed by atoms with Gasteiger partial charge in [-0.3, -0.25) is 4.90 Å². The number of aromatic nitrogens is 2. The van der Waals surface area contributed by atoms with Crippen LogP contribution in [0.15, 0.2) is 6.33 Å². The van der Waals surface area contributed by atoms with E-state index in [1.165, 1.54) is 35.1 Å². The molecule has 2 aliphatic rings. The lowest BCUT2D eigenvalue weighted by Crippen LogP contribution is -2.46. The van der Waals surface area contributed by atoms with Crippen LogP contribution in [0.5, 0.6) is 0 Å². The standard InChI is InChI=1S/C15H17N5S/c16-4-5-19-6-8-20(9-7-19)14-13-11-2-1-3-12(11)21-15(13)18-10-17-14/h10H,1-3,5-9H2. The fourth-order valence-corrected chi connectivity index (χ4v) is 4.59. The molecule has 2 aromatic rings. The highest BCUT2D eigenvalue weighted by molar-refractivity contribution is 7.19. The summed E-state index contributed by atoms with van der Waals surface area (Å²) in [6.07, 6.45) is 5.34. The van der Waals surface area contributed by atoms with Crippen LogP contribution in [-0.4, -0.2) is 47.6 Å². The molecule has 0 atom stereocenters. The fraction of sp³-hybridized carbons (Fsp3) is 0.533. The van der Waals surface area contributed by atoms with Crippen molar-refractivity contribution in [3.05, 3.63) is 16.8 Å². The van der Waals surface area contributed by atoms with Gasteiger partial charge in [0.1, 0.15) is 17.0 Å². The number of nitrogens with zero attached hydrogens (tertiary/aromatic N) is 5. The van der Waals surface area contributed by atoms with Crippen molar-refractivity contribution in [2.45, 2.75) is 19.3 Å². The highest BCUT2D eigenvalue weighted by Gasteiger charge is 2.25. The molecule has 0 N–H and O–H groups in total. The molecule has 2 aromatic heterocycles. The van der Waals surface area contributed by atoms with E-state index in [9.17, 15) is 0 Å². The van der Waals surface area contributed by atoms with Crippen LogP contribution in [0.2, 0.25) is 0 Å². The Hall–Kier alpha value is -1.71. The Morgan fingerprint density at radius 2 is 2.05 bits per heavy atom. The largest absolute Gasteiger partial charge is 0.353 e. The van der Waals surface area contributed by atoms with Crippen molar-refractivity contribution in [2.24, 2.45) is 0 Å². The summed E-state index contributed by atoms with van der Waals surface area (Å²) < 4.78 is 0. The summed E-state index contributed by atoms with van der Waals surface area (Å²) in [7, 11) is 0. The van der Waals surface area contributed by atoms with Crippen LogP contribution in [0.25, 0.3) is 10.2 Å². The van der Waals surface area contributed by atoms with Crippen molar-refractivity contribution >= 4 is 27.4 Å². The van der Waals surface area contributed by atoms with E-state index in [0.29, 0.717) is 6.54 Å². The molecule has 0 amide bonds. The average molecular weight is 299 g/mol. The Morgan fingerprint density at radius 3 is 2.86 bits per heavy atom. The molecule has 0 radical (unpaired) electrons. The van der Waals surface area contributed by atoms with Gasteiger partial charge in [0.2, 0.25) is 0 Å². The first kappa shape index (κ1) is 13.0. The maximum Gasteiger partial charge on any atom is 0.141 e. The van der Waals surface area contributed by atoms with Crippen molar-refractivity contribution in [2.75, 3.05) is 37.6 Å². The van der Waals surface area contributed by atoms with E-state index in [0.717, 1.165) is 36.8 Å². The van der Waals surface area contributed by atoms with Gasteiger partial charge in [0, 0.05) is 31.1 Å². The van der Waals surface area contributed by atoms with E-state index >= 15 is 0 Å². The third-order valence-corrected chi connectivity index (χ3v) is 5.65. The van der Waals surface area contributed by atoms with Gasteiger partial charge in [0.05, 0.1) is 18.0 Å². The summed E-state index contributed by atoms with van der Waals surface area (Å²) in [5.74, 6) is 1.11. The Bertz CT molecular complexity index is 709. The predicted molar refractivity (Wildman–Crippen MR) is 83.7 cm³/mol. The van der Waals surface area contributed by atoms with Crippen LogP contribution in [0.4, 0.5) is 5.82 Å². The lowest BCUT2D eigenvalue weighted by Gasteiger charge is -2.34. The van der Waals surface area contributed by atoms with E-state index in [1.807, 2.05) is 11.3 Å². The van der Waals surface area contributed by atoms with Crippen molar-refractivity contribution in [1.29, 1.82) is 5.26 Å². The molecule has 1 saturated heterocycles. The maximum atomic E-state index is 8.80. The summed E-state index contributed by atoms with van der Waals surface area (Å²) in [5, 5.41) is 10.1. The number of aryl methyl sites for hydroxylation is 2. The zero-order valence-electron chi connectivity index (χ0n) is 11.9. The molecule has 5 nitrogen and oxygen atoms in total. The zero-order valence-corrected chi connectivity index (χ0v) is 12.7. The van der Waals surface area contributed by atoms with E-state index in [4.69, 9.17) is 5.26 Å². The molecule has 4 rings (SSSR count). The molecule has 0 saturated carbocycles. The molecule has 1 aliphatic carbocycles. The van der Waals surface area contributed by atoms with Gasteiger partial charge in [-0.2, -0.15) is 5.26 Å². The zero-order chi connectivity index (χ0) is 14.2. The smallest absolute Gasteiger partial charge is 0.141 e. The molecule has 0 aromatic carbocycles. The second kappa shape index (κ2) is 5.24. The minimum absolute atomic E-state index is 0.529. The lowest BCUT2D eigenvalue weighted by molar-refractivity contribution is 0.286. The number of thiophene rings is 1. The van der Waals surface area contributed by atoms with E-state index in [1.54, 1.807) is 6.33 Å². The minimum Gasteiger partial charge on any atom is -0.353 e. The quantitative estimate of drug-likeness (QED) is 0.792. The number of fused-ring (bicyclic) bond motifs is 3. The number of hydrogen-bond donors (Lipinski definition) is 0. The number of anilines is 1. The molecule has 3 heterocycles. The average Bonchev–Trinajstić information content (AvgIpc) is 3.08. The van der Waals surface area contributed by atoms with Crippen LogP contribution >= 0.6 is 11.3 Å². The van der Waals surface area contributed by atoms with Crippen molar-refractivity contribution in [1.82, 2.24) is 14.9 Å². The molecule has 1 aliphatic heterocycles. The van der Waals surface area contributed by atoms with E-state index in [-0.39, 0.29) is 0 Å². The van der Waals surface area contributed by atoms with Gasteiger partial charge >= 0.3 is 0 Å². The second-order valence-electron chi connectivity index (χ2n) is 5.66. The highest BCUT2D eigenvalue weighted by atomic mass is 32.1. The SMILES string of the molecule is N#CCN1CCN(c2ncnc3sc4c(c23)CCC4)CC1. The van der Waals surface area contributed by atoms with Crippen molar-refractivity contribution < 1.29 is 0 Å². The van der Waals surface area contributed by atoms with Crippen LogP contribution in [0, 0.1) is 11.3 Å². The predicted octanol–water partition coefficient (Wildman–Crippen LogP) is 1.83. The summed E-state index contributed by atoms with van der Waals surface area (Å²) in [6, 6.07) is 2.23. The maximum absolute atomic E-state index is 8.80. The second-order valence-corrected chi connectivity index (χ2v) is 6.74. The molecular formula is C15H17N5S. The molecule has 1 fully saturated rings. The van der Waals surface area contributed by atoms with E-state index < -0.39 is 0 Å². The molecule has 0 spiro atoms. The number of rotatable bonds is 2. The number of piperazine rings is 1. The monoisotopic (exact) mass is 299 g/mol. The summed E-state index contributed by atoms with van der Waals surface area (Å²) in [6.45, 7) is 4.29. The molecule has 108 valence electrons. The third kappa shape index (κ3) is 2.17. The molecule has 0 unspecified atom stereocenters. The fourth-order valence-electron chi connectivity index (χ4n) is 3.37. The van der Waals surface area contributed by atoms with Crippen LogP contribution in [0.1, 0.15) is 16.9 Å². The van der Waals surface area contributed by atoms with Crippen molar-refractivity contribution in [3.8, 4) is 6.07 Å². The normalized spacial score (nSPS) is 18.9. The van der Waals surface area contributed by atoms with Gasteiger partial charge < -0.3 is 4.90 Å². The van der Waals surface area contributed by atoms with Gasteiger partial charge in [-0.15, -0.1) is 11.3 Å². The Morgan fingerprint density at radius 1 is 1.19 bits per heavy atom. The van der Waals surface area contributed by atoms with Gasteiger partial charge in [-0.25, -0.2) is 9.97 Å². The summed E-state index contributed by atoms with van der Waals surface area (Å²) in [4.78, 5) is 16.3. The lowest BCUT2D eigenvalue weighted by atomic mass is 10.1. The summed E-state index contributed by atoms with van der Waals surface area (Å²) in [5.41, 5.74) is 1.49. The molecular weight excluding hydrogens is 282 g/mol. The van der Waals surface area contributed by atoms with Crippen molar-refractivity contribution in [3.63, 3.8) is 0 Å². The first-order valence-electron chi connectivity index (χ1n) is 7.46. The van der Waals surface area contributed by atoms with Gasteiger partial charge in [-0.05, 0) is 24.8 Å². The molecule has 0 bridgehead atoms. The minimum atomic E-state index is 0.529. The Labute approximate surface area is 127 Å². The first-order chi connectivity index (χ1) is 10.4. The van der Waals surface area contributed by atoms with Crippen LogP contribution in [0.3, 0.4) is 0 Å². The third-order valence-electron chi connectivity index (χ3n) is 4.45. The van der Waals surface area contributed by atoms with E-state index in [2.05, 4.69) is 25.8 Å². The van der Waals surface area contributed by atoms with Crippen LogP contribution in [-0.2, 0) is 12.8 Å². The Kier molecular flexibility index (Phi) is 3.24. The van der Waals surface area contributed by atoms with Gasteiger partial charge in [0.15, 0.2) is 0 Å². The summed E-state index contributed by atoms with van der Waals surface area (Å²) >= 11 is 1.84. The topological polar surface area (TPSA) is 56.1 Å². The van der Waals surface area contributed by atoms with Crippen LogP contribution < -0.4 is 4.90 Å². The number of hydrogen-bond acceptors (Lipinski definition) is 6. The molecule has 21 heavy (non-hydrogen) atoms. The van der Waals surface area contributed by atoms with Gasteiger partial charge in [0.25, 0.3) is 0 Å². The Balaban J connectivity index is 1.67. The molecule has 6 heteroatoms.